The van der Waals surface area contributed by atoms with Crippen molar-refractivity contribution < 1.29 is 19.6 Å². The Bertz CT molecular complexity index is 560. The van der Waals surface area contributed by atoms with Gasteiger partial charge in [-0.25, -0.2) is 0 Å². The lowest BCUT2D eigenvalue weighted by Gasteiger charge is -2.39. The van der Waals surface area contributed by atoms with E-state index in [0.29, 0.717) is 18.8 Å². The van der Waals surface area contributed by atoms with E-state index in [1.54, 1.807) is 6.07 Å². The Balaban J connectivity index is 2.37. The molecule has 0 radical (unpaired) electrons. The minimum absolute atomic E-state index is 0.0376. The van der Waals surface area contributed by atoms with Crippen LogP contribution < -0.4 is 4.90 Å². The maximum atomic E-state index is 11.4. The number of benzene rings is 1. The van der Waals surface area contributed by atoms with Gasteiger partial charge in [-0.15, -0.1) is 0 Å². The zero-order valence-corrected chi connectivity index (χ0v) is 12.0. The molecule has 0 aliphatic carbocycles. The number of ketones is 1. The predicted molar refractivity (Wildman–Crippen MR) is 76.7 cm³/mol. The molecule has 2 rings (SSSR count). The topological polar surface area (TPSA) is 92.9 Å². The van der Waals surface area contributed by atoms with Gasteiger partial charge in [-0.2, -0.15) is 0 Å². The first-order valence-corrected chi connectivity index (χ1v) is 6.72. The SMILES string of the molecule is CC(=O)c1ccc(N2CC(CO)OCC2C)cc1[N+](=O)[O-]. The van der Waals surface area contributed by atoms with Crippen LogP contribution in [-0.2, 0) is 4.74 Å². The van der Waals surface area contributed by atoms with Crippen LogP contribution in [0.2, 0.25) is 0 Å². The molecule has 7 nitrogen and oxygen atoms in total. The highest BCUT2D eigenvalue weighted by Crippen LogP contribution is 2.29. The van der Waals surface area contributed by atoms with Gasteiger partial charge in [0.1, 0.15) is 0 Å². The van der Waals surface area contributed by atoms with Gasteiger partial charge in [0, 0.05) is 24.3 Å². The van der Waals surface area contributed by atoms with Gasteiger partial charge in [0.05, 0.1) is 29.8 Å². The van der Waals surface area contributed by atoms with E-state index >= 15 is 0 Å². The van der Waals surface area contributed by atoms with Crippen LogP contribution in [0.25, 0.3) is 0 Å². The van der Waals surface area contributed by atoms with Crippen LogP contribution in [-0.4, -0.2) is 47.7 Å². The second-order valence-corrected chi connectivity index (χ2v) is 5.15. The second kappa shape index (κ2) is 6.19. The van der Waals surface area contributed by atoms with Gasteiger partial charge < -0.3 is 14.7 Å². The van der Waals surface area contributed by atoms with E-state index in [2.05, 4.69) is 0 Å². The highest BCUT2D eigenvalue weighted by atomic mass is 16.6. The minimum atomic E-state index is -0.547. The van der Waals surface area contributed by atoms with Crippen LogP contribution >= 0.6 is 0 Å². The minimum Gasteiger partial charge on any atom is -0.394 e. The summed E-state index contributed by atoms with van der Waals surface area (Å²) in [7, 11) is 0. The molecule has 114 valence electrons. The number of hydrogen-bond acceptors (Lipinski definition) is 6. The molecular weight excluding hydrogens is 276 g/mol. The number of nitrogens with zero attached hydrogens (tertiary/aromatic N) is 2. The number of nitro benzene ring substituents is 1. The number of ether oxygens (including phenoxy) is 1. The average molecular weight is 294 g/mol. The summed E-state index contributed by atoms with van der Waals surface area (Å²) in [6.45, 7) is 4.04. The first kappa shape index (κ1) is 15.4. The van der Waals surface area contributed by atoms with Crippen LogP contribution in [0.15, 0.2) is 18.2 Å². The summed E-state index contributed by atoms with van der Waals surface area (Å²) in [5.74, 6) is -0.337. The van der Waals surface area contributed by atoms with Crippen LogP contribution in [0, 0.1) is 10.1 Å². The Labute approximate surface area is 122 Å². The molecule has 7 heteroatoms. The number of Topliss-reactive ketones (excluding diaryl/α,β-unsaturated/α-hetero) is 1. The Morgan fingerprint density at radius 2 is 2.29 bits per heavy atom. The number of carbonyl (C=O) groups is 1. The van der Waals surface area contributed by atoms with Gasteiger partial charge >= 0.3 is 0 Å². The highest BCUT2D eigenvalue weighted by molar-refractivity contribution is 5.98. The lowest BCUT2D eigenvalue weighted by atomic mass is 10.1. The molecule has 21 heavy (non-hydrogen) atoms. The first-order valence-electron chi connectivity index (χ1n) is 6.72. The maximum Gasteiger partial charge on any atom is 0.282 e. The van der Waals surface area contributed by atoms with Gasteiger partial charge in [-0.1, -0.05) is 0 Å². The largest absolute Gasteiger partial charge is 0.394 e. The third-order valence-corrected chi connectivity index (χ3v) is 3.60. The second-order valence-electron chi connectivity index (χ2n) is 5.15. The van der Waals surface area contributed by atoms with Gasteiger partial charge in [-0.3, -0.25) is 14.9 Å². The predicted octanol–water partition coefficient (Wildman–Crippen LogP) is 1.38. The number of carbonyl (C=O) groups excluding carboxylic acids is 1. The molecule has 1 aromatic rings. The van der Waals surface area contributed by atoms with Gasteiger partial charge in [0.25, 0.3) is 5.69 Å². The van der Waals surface area contributed by atoms with Crippen LogP contribution in [0.5, 0.6) is 0 Å². The van der Waals surface area contributed by atoms with E-state index in [1.165, 1.54) is 19.1 Å². The molecule has 1 heterocycles. The summed E-state index contributed by atoms with van der Waals surface area (Å²) in [4.78, 5) is 24.0. The first-order chi connectivity index (χ1) is 9.93. The number of aliphatic hydroxyl groups excluding tert-OH is 1. The summed E-state index contributed by atoms with van der Waals surface area (Å²) >= 11 is 0. The van der Waals surface area contributed by atoms with Crippen molar-refractivity contribution in [1.29, 1.82) is 0 Å². The number of aliphatic hydroxyl groups is 1. The number of hydrogen-bond donors (Lipinski definition) is 1. The zero-order chi connectivity index (χ0) is 15.6. The number of nitro groups is 1. The summed E-state index contributed by atoms with van der Waals surface area (Å²) in [6.07, 6.45) is -0.312. The smallest absolute Gasteiger partial charge is 0.282 e. The molecular formula is C14H18N2O5. The Morgan fingerprint density at radius 1 is 1.57 bits per heavy atom. The fourth-order valence-electron chi connectivity index (χ4n) is 2.44. The summed E-state index contributed by atoms with van der Waals surface area (Å²) < 4.78 is 5.45. The van der Waals surface area contributed by atoms with E-state index in [0.717, 1.165) is 0 Å². The van der Waals surface area contributed by atoms with Crippen molar-refractivity contribution >= 4 is 17.2 Å². The summed E-state index contributed by atoms with van der Waals surface area (Å²) in [5.41, 5.74) is 0.559. The molecule has 0 saturated carbocycles. The number of anilines is 1. The highest BCUT2D eigenvalue weighted by Gasteiger charge is 2.28. The third-order valence-electron chi connectivity index (χ3n) is 3.60. The van der Waals surface area contributed by atoms with Crippen molar-refractivity contribution in [2.45, 2.75) is 26.0 Å². The van der Waals surface area contributed by atoms with Crippen molar-refractivity contribution in [3.63, 3.8) is 0 Å². The van der Waals surface area contributed by atoms with Crippen LogP contribution in [0.1, 0.15) is 24.2 Å². The summed E-state index contributed by atoms with van der Waals surface area (Å²) in [6, 6.07) is 4.62. The Kier molecular flexibility index (Phi) is 4.54. The molecule has 0 aromatic heterocycles. The van der Waals surface area contributed by atoms with Crippen molar-refractivity contribution in [3.8, 4) is 0 Å². The standard InChI is InChI=1S/C14H18N2O5/c1-9-8-21-12(7-17)6-15(9)11-3-4-13(10(2)18)14(5-11)16(19)20/h3-5,9,12,17H,6-8H2,1-2H3. The third kappa shape index (κ3) is 3.20. The molecule has 0 bridgehead atoms. The fourth-order valence-corrected chi connectivity index (χ4v) is 2.44. The molecule has 1 saturated heterocycles. The Morgan fingerprint density at radius 3 is 2.86 bits per heavy atom. The van der Waals surface area contributed by atoms with Crippen LogP contribution in [0.4, 0.5) is 11.4 Å². The molecule has 1 N–H and O–H groups in total. The molecule has 0 spiro atoms. The lowest BCUT2D eigenvalue weighted by Crippen LogP contribution is -2.49. The number of rotatable bonds is 4. The molecule has 1 fully saturated rings. The molecule has 2 unspecified atom stereocenters. The van der Waals surface area contributed by atoms with Gasteiger partial charge in [-0.05, 0) is 26.0 Å². The van der Waals surface area contributed by atoms with Crippen molar-refractivity contribution in [2.24, 2.45) is 0 Å². The molecule has 0 amide bonds. The molecule has 1 aromatic carbocycles. The van der Waals surface area contributed by atoms with Gasteiger partial charge in [0.15, 0.2) is 5.78 Å². The monoisotopic (exact) mass is 294 g/mol. The van der Waals surface area contributed by atoms with Crippen molar-refractivity contribution in [3.05, 3.63) is 33.9 Å². The quantitative estimate of drug-likeness (QED) is 0.512. The average Bonchev–Trinajstić information content (AvgIpc) is 2.47. The van der Waals surface area contributed by atoms with Crippen molar-refractivity contribution in [1.82, 2.24) is 0 Å². The summed E-state index contributed by atoms with van der Waals surface area (Å²) in [5, 5.41) is 20.3. The maximum absolute atomic E-state index is 11.4. The zero-order valence-electron chi connectivity index (χ0n) is 12.0. The number of morpholine rings is 1. The molecule has 1 aliphatic heterocycles. The Hall–Kier alpha value is -1.99. The van der Waals surface area contributed by atoms with Crippen molar-refractivity contribution in [2.75, 3.05) is 24.7 Å². The van der Waals surface area contributed by atoms with E-state index in [4.69, 9.17) is 4.74 Å². The van der Waals surface area contributed by atoms with Crippen LogP contribution in [0.3, 0.4) is 0 Å². The van der Waals surface area contributed by atoms with Gasteiger partial charge in [0.2, 0.25) is 0 Å². The fraction of sp³-hybridized carbons (Fsp3) is 0.500. The van der Waals surface area contributed by atoms with E-state index in [-0.39, 0.29) is 35.8 Å². The molecule has 1 aliphatic rings. The normalized spacial score (nSPS) is 22.1. The van der Waals surface area contributed by atoms with E-state index in [1.807, 2.05) is 11.8 Å². The lowest BCUT2D eigenvalue weighted by molar-refractivity contribution is -0.385. The molecule has 2 atom stereocenters. The van der Waals surface area contributed by atoms with E-state index in [9.17, 15) is 20.0 Å². The van der Waals surface area contributed by atoms with E-state index < -0.39 is 4.92 Å².